The maximum absolute atomic E-state index is 11.2. The van der Waals surface area contributed by atoms with Gasteiger partial charge in [-0.25, -0.2) is 0 Å². The maximum Gasteiger partial charge on any atom is 0.179 e. The second-order valence-electron chi connectivity index (χ2n) is 2.44. The molecule has 0 radical (unpaired) electrons. The first-order valence-electron chi connectivity index (χ1n) is 3.81. The zero-order valence-electron chi connectivity index (χ0n) is 6.88. The monoisotopic (exact) mass is 183 g/mol. The van der Waals surface area contributed by atoms with Crippen molar-refractivity contribution in [3.63, 3.8) is 0 Å². The van der Waals surface area contributed by atoms with Gasteiger partial charge in [-0.2, -0.15) is 0 Å². The van der Waals surface area contributed by atoms with Crippen LogP contribution in [0.25, 0.3) is 0 Å². The Labute approximate surface area is 76.6 Å². The average Bonchev–Trinajstić information content (AvgIpc) is 2.16. The van der Waals surface area contributed by atoms with Crippen LogP contribution in [0.15, 0.2) is 18.5 Å². The van der Waals surface area contributed by atoms with Crippen molar-refractivity contribution >= 4 is 17.4 Å². The molecule has 12 heavy (non-hydrogen) atoms. The number of nitrogens with zero attached hydrogens (tertiary/aromatic N) is 1. The number of aromatic nitrogens is 1. The van der Waals surface area contributed by atoms with Crippen molar-refractivity contribution in [2.75, 3.05) is 5.88 Å². The van der Waals surface area contributed by atoms with Crippen LogP contribution in [0.2, 0.25) is 0 Å². The van der Waals surface area contributed by atoms with E-state index < -0.39 is 0 Å². The van der Waals surface area contributed by atoms with E-state index in [4.69, 9.17) is 11.6 Å². The van der Waals surface area contributed by atoms with Gasteiger partial charge >= 0.3 is 0 Å². The lowest BCUT2D eigenvalue weighted by atomic mass is 10.1. The number of rotatable bonds is 3. The van der Waals surface area contributed by atoms with Gasteiger partial charge in [0, 0.05) is 18.0 Å². The number of aryl methyl sites for hydroxylation is 1. The lowest BCUT2D eigenvalue weighted by molar-refractivity contribution is 0.102. The fourth-order valence-electron chi connectivity index (χ4n) is 1.05. The molecule has 1 rings (SSSR count). The van der Waals surface area contributed by atoms with Gasteiger partial charge in [0.2, 0.25) is 0 Å². The molecule has 0 aliphatic heterocycles. The van der Waals surface area contributed by atoms with Gasteiger partial charge in [-0.05, 0) is 18.1 Å². The molecule has 0 fully saturated rings. The highest BCUT2D eigenvalue weighted by Gasteiger charge is 2.07. The van der Waals surface area contributed by atoms with E-state index in [9.17, 15) is 4.79 Å². The molecular formula is C9H10ClNO. The normalized spacial score (nSPS) is 9.83. The van der Waals surface area contributed by atoms with Crippen LogP contribution in [0.5, 0.6) is 0 Å². The molecule has 1 aromatic rings. The first kappa shape index (κ1) is 9.20. The Bertz CT molecular complexity index is 286. The summed E-state index contributed by atoms with van der Waals surface area (Å²) < 4.78 is 0. The third-order valence-electron chi connectivity index (χ3n) is 1.71. The maximum atomic E-state index is 11.2. The Morgan fingerprint density at radius 1 is 1.67 bits per heavy atom. The molecule has 0 amide bonds. The smallest absolute Gasteiger partial charge is 0.179 e. The molecule has 0 bridgehead atoms. The quantitative estimate of drug-likeness (QED) is 0.531. The summed E-state index contributed by atoms with van der Waals surface area (Å²) in [6.45, 7) is 2.00. The molecule has 1 heterocycles. The second kappa shape index (κ2) is 4.21. The predicted octanol–water partition coefficient (Wildman–Crippen LogP) is 2.07. The molecule has 0 spiro atoms. The van der Waals surface area contributed by atoms with E-state index in [1.54, 1.807) is 12.4 Å². The van der Waals surface area contributed by atoms with Crippen LogP contribution in [0, 0.1) is 0 Å². The van der Waals surface area contributed by atoms with E-state index in [-0.39, 0.29) is 11.7 Å². The Morgan fingerprint density at radius 2 is 2.42 bits per heavy atom. The van der Waals surface area contributed by atoms with Crippen molar-refractivity contribution in [1.82, 2.24) is 4.98 Å². The minimum atomic E-state index is -0.0541. The molecular weight excluding hydrogens is 174 g/mol. The first-order valence-corrected chi connectivity index (χ1v) is 4.35. The van der Waals surface area contributed by atoms with Gasteiger partial charge in [-0.15, -0.1) is 11.6 Å². The van der Waals surface area contributed by atoms with Gasteiger partial charge in [0.25, 0.3) is 0 Å². The number of hydrogen-bond donors (Lipinski definition) is 0. The van der Waals surface area contributed by atoms with Crippen molar-refractivity contribution in [2.45, 2.75) is 13.3 Å². The molecule has 0 N–H and O–H groups in total. The first-order chi connectivity index (χ1) is 5.79. The van der Waals surface area contributed by atoms with Crippen LogP contribution in [-0.4, -0.2) is 16.6 Å². The summed E-state index contributed by atoms with van der Waals surface area (Å²) >= 11 is 5.44. The highest BCUT2D eigenvalue weighted by Crippen LogP contribution is 2.08. The van der Waals surface area contributed by atoms with E-state index >= 15 is 0 Å². The molecule has 0 saturated heterocycles. The van der Waals surface area contributed by atoms with Gasteiger partial charge in [0.1, 0.15) is 0 Å². The summed E-state index contributed by atoms with van der Waals surface area (Å²) in [7, 11) is 0. The van der Waals surface area contributed by atoms with E-state index in [0.29, 0.717) is 5.56 Å². The minimum absolute atomic E-state index is 0.0265. The molecule has 0 aliphatic rings. The number of Topliss-reactive ketones (excluding diaryl/α,β-unsaturated/α-hetero) is 1. The number of pyridine rings is 1. The minimum Gasteiger partial charge on any atom is -0.293 e. The predicted molar refractivity (Wildman–Crippen MR) is 48.7 cm³/mol. The fraction of sp³-hybridized carbons (Fsp3) is 0.333. The standard InChI is InChI=1S/C9H10ClNO/c1-2-7-3-4-11-6-8(7)9(12)5-10/h3-4,6H,2,5H2,1H3. The Kier molecular flexibility index (Phi) is 3.23. The third-order valence-corrected chi connectivity index (χ3v) is 1.96. The fourth-order valence-corrected chi connectivity index (χ4v) is 1.20. The van der Waals surface area contributed by atoms with Gasteiger partial charge in [-0.1, -0.05) is 6.92 Å². The summed E-state index contributed by atoms with van der Waals surface area (Å²) in [4.78, 5) is 15.1. The zero-order valence-corrected chi connectivity index (χ0v) is 7.64. The topological polar surface area (TPSA) is 30.0 Å². The molecule has 64 valence electrons. The lowest BCUT2D eigenvalue weighted by Crippen LogP contribution is -2.04. The van der Waals surface area contributed by atoms with Crippen LogP contribution in [-0.2, 0) is 6.42 Å². The van der Waals surface area contributed by atoms with Crippen molar-refractivity contribution in [3.8, 4) is 0 Å². The molecule has 0 saturated carbocycles. The van der Waals surface area contributed by atoms with Gasteiger partial charge in [-0.3, -0.25) is 9.78 Å². The zero-order chi connectivity index (χ0) is 8.97. The van der Waals surface area contributed by atoms with E-state index in [0.717, 1.165) is 12.0 Å². The van der Waals surface area contributed by atoms with Gasteiger partial charge < -0.3 is 0 Å². The van der Waals surface area contributed by atoms with Crippen molar-refractivity contribution < 1.29 is 4.79 Å². The van der Waals surface area contributed by atoms with Gasteiger partial charge in [0.15, 0.2) is 5.78 Å². The number of halogens is 1. The average molecular weight is 184 g/mol. The Hall–Kier alpha value is -0.890. The molecule has 2 nitrogen and oxygen atoms in total. The van der Waals surface area contributed by atoms with Crippen molar-refractivity contribution in [1.29, 1.82) is 0 Å². The number of ketones is 1. The number of carbonyl (C=O) groups is 1. The summed E-state index contributed by atoms with van der Waals surface area (Å²) in [6, 6.07) is 1.85. The summed E-state index contributed by atoms with van der Waals surface area (Å²) in [5, 5.41) is 0. The SMILES string of the molecule is CCc1ccncc1C(=O)CCl. The largest absolute Gasteiger partial charge is 0.293 e. The number of alkyl halides is 1. The number of carbonyl (C=O) groups excluding carboxylic acids is 1. The van der Waals surface area contributed by atoms with Crippen LogP contribution >= 0.6 is 11.6 Å². The van der Waals surface area contributed by atoms with E-state index in [1.165, 1.54) is 0 Å². The molecule has 3 heteroatoms. The van der Waals surface area contributed by atoms with Crippen LogP contribution in [0.1, 0.15) is 22.8 Å². The lowest BCUT2D eigenvalue weighted by Gasteiger charge is -2.02. The number of hydrogen-bond acceptors (Lipinski definition) is 2. The molecule has 0 atom stereocenters. The van der Waals surface area contributed by atoms with Crippen LogP contribution in [0.4, 0.5) is 0 Å². The molecule has 0 aromatic carbocycles. The summed E-state index contributed by atoms with van der Waals surface area (Å²) in [6.07, 6.45) is 4.09. The summed E-state index contributed by atoms with van der Waals surface area (Å²) in [5.41, 5.74) is 1.66. The Balaban J connectivity index is 3.04. The highest BCUT2D eigenvalue weighted by atomic mass is 35.5. The molecule has 1 aromatic heterocycles. The van der Waals surface area contributed by atoms with Crippen LogP contribution in [0.3, 0.4) is 0 Å². The Morgan fingerprint density at radius 3 is 3.00 bits per heavy atom. The van der Waals surface area contributed by atoms with Gasteiger partial charge in [0.05, 0.1) is 5.88 Å². The highest BCUT2D eigenvalue weighted by molar-refractivity contribution is 6.30. The molecule has 0 aliphatic carbocycles. The third kappa shape index (κ3) is 1.83. The van der Waals surface area contributed by atoms with Crippen LogP contribution < -0.4 is 0 Å². The molecule has 0 unspecified atom stereocenters. The second-order valence-corrected chi connectivity index (χ2v) is 2.71. The summed E-state index contributed by atoms with van der Waals surface area (Å²) in [5.74, 6) is -0.0276. The van der Waals surface area contributed by atoms with E-state index in [1.807, 2.05) is 13.0 Å². The van der Waals surface area contributed by atoms with Crippen molar-refractivity contribution in [3.05, 3.63) is 29.6 Å². The van der Waals surface area contributed by atoms with Crippen molar-refractivity contribution in [2.24, 2.45) is 0 Å². The van der Waals surface area contributed by atoms with E-state index in [2.05, 4.69) is 4.98 Å².